The fraction of sp³-hybridized carbons (Fsp3) is 0.162. The fourth-order valence-electron chi connectivity index (χ4n) is 4.05. The first-order valence-corrected chi connectivity index (χ1v) is 13.7. The molecule has 0 spiro atoms. The van der Waals surface area contributed by atoms with Crippen molar-refractivity contribution < 1.29 is 4.74 Å². The van der Waals surface area contributed by atoms with Crippen LogP contribution in [0.5, 0.6) is 5.75 Å². The third-order valence-corrected chi connectivity index (χ3v) is 6.30. The van der Waals surface area contributed by atoms with Gasteiger partial charge in [0.15, 0.2) is 0 Å². The first kappa shape index (κ1) is 28.2. The van der Waals surface area contributed by atoms with Gasteiger partial charge in [0.2, 0.25) is 0 Å². The summed E-state index contributed by atoms with van der Waals surface area (Å²) in [5.74, 6) is 19.5. The maximum Gasteiger partial charge on any atom is 0.119 e. The molecule has 0 aliphatic rings. The third-order valence-electron chi connectivity index (χ3n) is 6.21. The summed E-state index contributed by atoms with van der Waals surface area (Å²) in [6, 6.07) is 25.8. The molecule has 0 aromatic heterocycles. The van der Waals surface area contributed by atoms with E-state index in [1.54, 1.807) is 6.08 Å². The maximum absolute atomic E-state index is 5.92. The van der Waals surface area contributed by atoms with Crippen molar-refractivity contribution in [2.75, 3.05) is 6.61 Å². The molecular formula is C37H29NOS. The molecule has 40 heavy (non-hydrogen) atoms. The third kappa shape index (κ3) is 8.33. The van der Waals surface area contributed by atoms with Crippen molar-refractivity contribution in [1.82, 2.24) is 0 Å². The highest BCUT2D eigenvalue weighted by atomic mass is 32.1. The average Bonchev–Trinajstić information content (AvgIpc) is 2.99. The lowest BCUT2D eigenvalue weighted by Crippen LogP contribution is -1.97. The minimum atomic E-state index is 0.758. The number of nitrogens with zero attached hydrogens (tertiary/aromatic N) is 1. The van der Waals surface area contributed by atoms with Gasteiger partial charge in [-0.15, -0.1) is 0 Å². The quantitative estimate of drug-likeness (QED) is 0.0972. The molecule has 4 rings (SSSR count). The number of benzene rings is 4. The molecule has 0 fully saturated rings. The zero-order valence-corrected chi connectivity index (χ0v) is 23.4. The standard InChI is InChI=1S/C37H29NOS/c1-3-5-6-9-24-39-37-23-20-34-26-30(15-19-35(34)27-37)10-7-8-11-33-18-14-31(25-32(33)4-2)13-12-29-16-21-36(22-17-29)38-28-40/h4,14-23,25-27H,2-3,5-6,9,24H2,1H3. The van der Waals surface area contributed by atoms with E-state index in [0.717, 1.165) is 63.1 Å². The average molecular weight is 536 g/mol. The summed E-state index contributed by atoms with van der Waals surface area (Å²) in [5.41, 5.74) is 5.23. The van der Waals surface area contributed by atoms with Crippen LogP contribution >= 0.6 is 12.2 Å². The zero-order chi connectivity index (χ0) is 28.0. The van der Waals surface area contributed by atoms with E-state index >= 15 is 0 Å². The Morgan fingerprint density at radius 3 is 2.25 bits per heavy atom. The van der Waals surface area contributed by atoms with Crippen LogP contribution in [-0.2, 0) is 0 Å². The molecule has 0 aliphatic carbocycles. The molecule has 194 valence electrons. The molecule has 0 amide bonds. The summed E-state index contributed by atoms with van der Waals surface area (Å²) < 4.78 is 5.92. The molecule has 0 heterocycles. The summed E-state index contributed by atoms with van der Waals surface area (Å²) >= 11 is 4.64. The molecule has 0 saturated heterocycles. The second kappa shape index (κ2) is 14.9. The second-order valence-electron chi connectivity index (χ2n) is 9.14. The Morgan fingerprint density at radius 1 is 0.750 bits per heavy atom. The second-order valence-corrected chi connectivity index (χ2v) is 9.32. The van der Waals surface area contributed by atoms with E-state index in [0.29, 0.717) is 0 Å². The van der Waals surface area contributed by atoms with Crippen molar-refractivity contribution in [3.63, 3.8) is 0 Å². The van der Waals surface area contributed by atoms with Crippen LogP contribution in [0, 0.1) is 35.5 Å². The van der Waals surface area contributed by atoms with E-state index in [1.807, 2.05) is 54.6 Å². The van der Waals surface area contributed by atoms with Gasteiger partial charge in [-0.1, -0.05) is 74.7 Å². The monoisotopic (exact) mass is 535 g/mol. The smallest absolute Gasteiger partial charge is 0.119 e. The summed E-state index contributed by atoms with van der Waals surface area (Å²) in [6.45, 7) is 6.91. The van der Waals surface area contributed by atoms with Crippen LogP contribution in [0.15, 0.2) is 90.4 Å². The van der Waals surface area contributed by atoms with Gasteiger partial charge in [-0.3, -0.25) is 0 Å². The number of thiocarbonyl (C=S) groups is 1. The molecule has 0 aliphatic heterocycles. The Kier molecular flexibility index (Phi) is 10.5. The van der Waals surface area contributed by atoms with Crippen molar-refractivity contribution >= 4 is 39.9 Å². The molecule has 3 heteroatoms. The zero-order valence-electron chi connectivity index (χ0n) is 22.6. The van der Waals surface area contributed by atoms with Crippen LogP contribution < -0.4 is 4.74 Å². The van der Waals surface area contributed by atoms with Gasteiger partial charge >= 0.3 is 0 Å². The molecule has 0 bridgehead atoms. The predicted molar refractivity (Wildman–Crippen MR) is 171 cm³/mol. The van der Waals surface area contributed by atoms with Crippen LogP contribution in [-0.4, -0.2) is 11.8 Å². The minimum Gasteiger partial charge on any atom is -0.494 e. The number of unbranched alkanes of at least 4 members (excludes halogenated alkanes) is 3. The summed E-state index contributed by atoms with van der Waals surface area (Å²) in [6.07, 6.45) is 6.58. The Morgan fingerprint density at radius 2 is 1.45 bits per heavy atom. The van der Waals surface area contributed by atoms with E-state index in [1.165, 1.54) is 19.3 Å². The molecule has 0 saturated carbocycles. The molecule has 0 unspecified atom stereocenters. The number of isothiocyanates is 1. The van der Waals surface area contributed by atoms with Gasteiger partial charge in [0.05, 0.1) is 17.5 Å². The Balaban J connectivity index is 1.41. The van der Waals surface area contributed by atoms with E-state index in [9.17, 15) is 0 Å². The Hall–Kier alpha value is -4.84. The van der Waals surface area contributed by atoms with Crippen molar-refractivity contribution in [1.29, 1.82) is 0 Å². The topological polar surface area (TPSA) is 21.6 Å². The lowest BCUT2D eigenvalue weighted by molar-refractivity contribution is 0.305. The summed E-state index contributed by atoms with van der Waals surface area (Å²) in [7, 11) is 0. The number of ether oxygens (including phenoxy) is 1. The Bertz CT molecular complexity index is 1740. The maximum atomic E-state index is 5.92. The lowest BCUT2D eigenvalue weighted by Gasteiger charge is -2.07. The largest absolute Gasteiger partial charge is 0.494 e. The van der Waals surface area contributed by atoms with Crippen LogP contribution in [0.3, 0.4) is 0 Å². The number of rotatable bonds is 8. The molecule has 2 nitrogen and oxygen atoms in total. The summed E-state index contributed by atoms with van der Waals surface area (Å²) in [5, 5.41) is 4.63. The van der Waals surface area contributed by atoms with Crippen molar-refractivity contribution in [2.45, 2.75) is 32.6 Å². The number of hydrogen-bond donors (Lipinski definition) is 0. The van der Waals surface area contributed by atoms with Crippen LogP contribution in [0.4, 0.5) is 5.69 Å². The predicted octanol–water partition coefficient (Wildman–Crippen LogP) is 8.98. The Labute approximate surface area is 242 Å². The molecule has 4 aromatic carbocycles. The number of fused-ring (bicyclic) bond motifs is 1. The van der Waals surface area contributed by atoms with Crippen LogP contribution in [0.1, 0.15) is 60.4 Å². The number of hydrogen-bond acceptors (Lipinski definition) is 3. The first-order chi connectivity index (χ1) is 19.7. The van der Waals surface area contributed by atoms with Crippen molar-refractivity contribution in [3.05, 3.63) is 113 Å². The van der Waals surface area contributed by atoms with Gasteiger partial charge in [-0.2, -0.15) is 4.99 Å². The molecule has 0 N–H and O–H groups in total. The summed E-state index contributed by atoms with van der Waals surface area (Å²) in [4.78, 5) is 3.95. The van der Waals surface area contributed by atoms with E-state index in [2.05, 4.69) is 95.7 Å². The van der Waals surface area contributed by atoms with Crippen LogP contribution in [0.2, 0.25) is 0 Å². The van der Waals surface area contributed by atoms with Gasteiger partial charge < -0.3 is 4.74 Å². The van der Waals surface area contributed by atoms with Crippen molar-refractivity contribution in [3.8, 4) is 41.3 Å². The highest BCUT2D eigenvalue weighted by molar-refractivity contribution is 7.78. The van der Waals surface area contributed by atoms with E-state index in [4.69, 9.17) is 4.74 Å². The van der Waals surface area contributed by atoms with Gasteiger partial charge in [0.25, 0.3) is 0 Å². The van der Waals surface area contributed by atoms with Gasteiger partial charge in [-0.25, -0.2) is 0 Å². The molecule has 4 aromatic rings. The van der Waals surface area contributed by atoms with Crippen LogP contribution in [0.25, 0.3) is 16.8 Å². The highest BCUT2D eigenvalue weighted by Gasteiger charge is 2.00. The SMILES string of the molecule is C=Cc1cc(C#Cc2ccc(N=C=S)cc2)ccc1C#CC#Cc1ccc2cc(OCCCCCC)ccc2c1. The molecule has 0 atom stereocenters. The number of aliphatic imine (C=N–C) groups is 1. The molecule has 0 radical (unpaired) electrons. The lowest BCUT2D eigenvalue weighted by atomic mass is 10.0. The van der Waals surface area contributed by atoms with Crippen molar-refractivity contribution in [2.24, 2.45) is 4.99 Å². The normalized spacial score (nSPS) is 9.62. The van der Waals surface area contributed by atoms with E-state index < -0.39 is 0 Å². The minimum absolute atomic E-state index is 0.758. The van der Waals surface area contributed by atoms with Gasteiger partial charge in [0.1, 0.15) is 5.75 Å². The van der Waals surface area contributed by atoms with Gasteiger partial charge in [0, 0.05) is 22.3 Å². The molecular weight excluding hydrogens is 506 g/mol. The first-order valence-electron chi connectivity index (χ1n) is 13.3. The van der Waals surface area contributed by atoms with E-state index in [-0.39, 0.29) is 0 Å². The van der Waals surface area contributed by atoms with Gasteiger partial charge in [-0.05, 0) is 114 Å². The highest BCUT2D eigenvalue weighted by Crippen LogP contribution is 2.22. The fourth-order valence-corrected chi connectivity index (χ4v) is 4.16.